The Balaban J connectivity index is 2.10. The van der Waals surface area contributed by atoms with Crippen LogP contribution in [0.1, 0.15) is 52.4 Å². The molecule has 0 bridgehead atoms. The van der Waals surface area contributed by atoms with Crippen molar-refractivity contribution in [1.82, 2.24) is 0 Å². The van der Waals surface area contributed by atoms with Crippen LogP contribution in [0.3, 0.4) is 0 Å². The summed E-state index contributed by atoms with van der Waals surface area (Å²) < 4.78 is 11.2. The van der Waals surface area contributed by atoms with E-state index in [0.29, 0.717) is 0 Å². The monoisotopic (exact) mass is 186 g/mol. The van der Waals surface area contributed by atoms with Gasteiger partial charge in [-0.15, -0.1) is 0 Å². The Morgan fingerprint density at radius 2 is 1.77 bits per heavy atom. The highest BCUT2D eigenvalue weighted by molar-refractivity contribution is 4.66. The maximum absolute atomic E-state index is 5.62. The zero-order chi connectivity index (χ0) is 9.57. The van der Waals surface area contributed by atoms with Crippen LogP contribution in [0.2, 0.25) is 0 Å². The average Bonchev–Trinajstić information content (AvgIpc) is 2.14. The second-order valence-electron chi connectivity index (χ2n) is 3.99. The Morgan fingerprint density at radius 3 is 2.38 bits per heavy atom. The third-order valence-electron chi connectivity index (χ3n) is 2.59. The van der Waals surface area contributed by atoms with Gasteiger partial charge in [-0.1, -0.05) is 26.2 Å². The molecule has 0 amide bonds. The van der Waals surface area contributed by atoms with Gasteiger partial charge >= 0.3 is 0 Å². The van der Waals surface area contributed by atoms with E-state index >= 15 is 0 Å². The zero-order valence-electron chi connectivity index (χ0n) is 8.97. The molecule has 0 aliphatic carbocycles. The third kappa shape index (κ3) is 4.10. The van der Waals surface area contributed by atoms with Crippen LogP contribution in [-0.4, -0.2) is 19.0 Å². The number of unbranched alkanes of at least 4 members (excludes halogenated alkanes) is 3. The minimum absolute atomic E-state index is 0.272. The molecular formula is C11H22O2. The van der Waals surface area contributed by atoms with Crippen LogP contribution in [0, 0.1) is 0 Å². The molecule has 1 heterocycles. The SMILES string of the molecule is CCCCCCC1(C)OCCCO1. The number of hydrogen-bond donors (Lipinski definition) is 0. The molecule has 0 aromatic carbocycles. The number of hydrogen-bond acceptors (Lipinski definition) is 2. The van der Waals surface area contributed by atoms with E-state index in [-0.39, 0.29) is 5.79 Å². The summed E-state index contributed by atoms with van der Waals surface area (Å²) in [6.45, 7) is 6.03. The van der Waals surface area contributed by atoms with Crippen LogP contribution in [0.5, 0.6) is 0 Å². The van der Waals surface area contributed by atoms with E-state index in [1.165, 1.54) is 25.7 Å². The normalized spacial score (nSPS) is 21.7. The molecular weight excluding hydrogens is 164 g/mol. The quantitative estimate of drug-likeness (QED) is 0.614. The van der Waals surface area contributed by atoms with Gasteiger partial charge in [0, 0.05) is 6.42 Å². The molecule has 0 atom stereocenters. The van der Waals surface area contributed by atoms with Crippen molar-refractivity contribution >= 4 is 0 Å². The summed E-state index contributed by atoms with van der Waals surface area (Å²) in [5.74, 6) is -0.272. The lowest BCUT2D eigenvalue weighted by atomic mass is 10.1. The van der Waals surface area contributed by atoms with Crippen molar-refractivity contribution in [2.75, 3.05) is 13.2 Å². The van der Waals surface area contributed by atoms with Crippen LogP contribution in [0.25, 0.3) is 0 Å². The van der Waals surface area contributed by atoms with Gasteiger partial charge in [0.1, 0.15) is 0 Å². The van der Waals surface area contributed by atoms with Crippen molar-refractivity contribution in [3.05, 3.63) is 0 Å². The zero-order valence-corrected chi connectivity index (χ0v) is 8.97. The van der Waals surface area contributed by atoms with Crippen LogP contribution in [0.4, 0.5) is 0 Å². The van der Waals surface area contributed by atoms with Crippen molar-refractivity contribution in [1.29, 1.82) is 0 Å². The molecule has 1 aliphatic rings. The van der Waals surface area contributed by atoms with E-state index in [1.54, 1.807) is 0 Å². The van der Waals surface area contributed by atoms with Gasteiger partial charge in [0.2, 0.25) is 0 Å². The van der Waals surface area contributed by atoms with Crippen molar-refractivity contribution in [3.63, 3.8) is 0 Å². The first-order valence-electron chi connectivity index (χ1n) is 5.55. The van der Waals surface area contributed by atoms with Gasteiger partial charge in [0.05, 0.1) is 13.2 Å². The summed E-state index contributed by atoms with van der Waals surface area (Å²) in [4.78, 5) is 0. The van der Waals surface area contributed by atoms with E-state index in [9.17, 15) is 0 Å². The topological polar surface area (TPSA) is 18.5 Å². The highest BCUT2D eigenvalue weighted by atomic mass is 16.7. The predicted molar refractivity (Wildman–Crippen MR) is 53.7 cm³/mol. The van der Waals surface area contributed by atoms with E-state index in [4.69, 9.17) is 9.47 Å². The fourth-order valence-electron chi connectivity index (χ4n) is 1.69. The predicted octanol–water partition coefficient (Wildman–Crippen LogP) is 3.11. The highest BCUT2D eigenvalue weighted by Crippen LogP contribution is 2.24. The van der Waals surface area contributed by atoms with Gasteiger partial charge < -0.3 is 9.47 Å². The Kier molecular flexibility index (Phi) is 4.74. The molecule has 1 rings (SSSR count). The smallest absolute Gasteiger partial charge is 0.165 e. The molecule has 0 radical (unpaired) electrons. The Labute approximate surface area is 81.6 Å². The molecule has 2 nitrogen and oxygen atoms in total. The van der Waals surface area contributed by atoms with Crippen LogP contribution in [-0.2, 0) is 9.47 Å². The standard InChI is InChI=1S/C11H22O2/c1-3-4-5-6-8-11(2)12-9-7-10-13-11/h3-10H2,1-2H3. The second kappa shape index (κ2) is 5.61. The van der Waals surface area contributed by atoms with Crippen LogP contribution in [0.15, 0.2) is 0 Å². The van der Waals surface area contributed by atoms with E-state index < -0.39 is 0 Å². The molecule has 0 N–H and O–H groups in total. The van der Waals surface area contributed by atoms with Crippen molar-refractivity contribution in [2.45, 2.75) is 58.2 Å². The van der Waals surface area contributed by atoms with Crippen LogP contribution >= 0.6 is 0 Å². The summed E-state index contributed by atoms with van der Waals surface area (Å²) in [5.41, 5.74) is 0. The van der Waals surface area contributed by atoms with Gasteiger partial charge in [0.25, 0.3) is 0 Å². The third-order valence-corrected chi connectivity index (χ3v) is 2.59. The highest BCUT2D eigenvalue weighted by Gasteiger charge is 2.27. The number of ether oxygens (including phenoxy) is 2. The fraction of sp³-hybridized carbons (Fsp3) is 1.00. The molecule has 0 aromatic heterocycles. The Bertz CT molecular complexity index is 128. The number of rotatable bonds is 5. The minimum atomic E-state index is -0.272. The lowest BCUT2D eigenvalue weighted by Gasteiger charge is -2.34. The van der Waals surface area contributed by atoms with Gasteiger partial charge in [-0.2, -0.15) is 0 Å². The molecule has 0 unspecified atom stereocenters. The second-order valence-corrected chi connectivity index (χ2v) is 3.99. The lowest BCUT2D eigenvalue weighted by Crippen LogP contribution is -2.37. The maximum atomic E-state index is 5.62. The van der Waals surface area contributed by atoms with Gasteiger partial charge in [-0.3, -0.25) is 0 Å². The first-order chi connectivity index (χ1) is 6.27. The van der Waals surface area contributed by atoms with Crippen molar-refractivity contribution in [3.8, 4) is 0 Å². The Morgan fingerprint density at radius 1 is 1.08 bits per heavy atom. The summed E-state index contributed by atoms with van der Waals surface area (Å²) in [5, 5.41) is 0. The van der Waals surface area contributed by atoms with E-state index in [1.807, 2.05) is 0 Å². The fourth-order valence-corrected chi connectivity index (χ4v) is 1.69. The molecule has 13 heavy (non-hydrogen) atoms. The lowest BCUT2D eigenvalue weighted by molar-refractivity contribution is -0.259. The molecule has 0 spiro atoms. The van der Waals surface area contributed by atoms with E-state index in [0.717, 1.165) is 26.1 Å². The van der Waals surface area contributed by atoms with Gasteiger partial charge in [0.15, 0.2) is 5.79 Å². The molecule has 0 aromatic rings. The first-order valence-corrected chi connectivity index (χ1v) is 5.55. The maximum Gasteiger partial charge on any atom is 0.165 e. The average molecular weight is 186 g/mol. The van der Waals surface area contributed by atoms with E-state index in [2.05, 4.69) is 13.8 Å². The minimum Gasteiger partial charge on any atom is -0.350 e. The summed E-state index contributed by atoms with van der Waals surface area (Å²) in [6.07, 6.45) is 7.25. The van der Waals surface area contributed by atoms with Crippen molar-refractivity contribution < 1.29 is 9.47 Å². The summed E-state index contributed by atoms with van der Waals surface area (Å²) >= 11 is 0. The van der Waals surface area contributed by atoms with Gasteiger partial charge in [-0.25, -0.2) is 0 Å². The molecule has 2 heteroatoms. The summed E-state index contributed by atoms with van der Waals surface area (Å²) in [6, 6.07) is 0. The largest absolute Gasteiger partial charge is 0.350 e. The Hall–Kier alpha value is -0.0800. The summed E-state index contributed by atoms with van der Waals surface area (Å²) in [7, 11) is 0. The molecule has 0 saturated carbocycles. The van der Waals surface area contributed by atoms with Gasteiger partial charge in [-0.05, 0) is 19.8 Å². The molecule has 1 fully saturated rings. The van der Waals surface area contributed by atoms with Crippen LogP contribution < -0.4 is 0 Å². The van der Waals surface area contributed by atoms with Crippen molar-refractivity contribution in [2.24, 2.45) is 0 Å². The first kappa shape index (κ1) is 11.0. The molecule has 78 valence electrons. The molecule has 1 saturated heterocycles. The molecule has 1 aliphatic heterocycles.